The molecule has 1 unspecified atom stereocenters. The van der Waals surface area contributed by atoms with Crippen LogP contribution in [-0.4, -0.2) is 45.2 Å². The zero-order chi connectivity index (χ0) is 19.7. The Hall–Kier alpha value is -2.44. The van der Waals surface area contributed by atoms with E-state index in [4.69, 9.17) is 11.6 Å². The van der Waals surface area contributed by atoms with E-state index in [0.29, 0.717) is 29.6 Å². The Balaban J connectivity index is 1.64. The molecule has 1 aliphatic rings. The molecular formula is C21H24ClN5O. The molecule has 2 aromatic heterocycles. The van der Waals surface area contributed by atoms with Crippen molar-refractivity contribution in [2.45, 2.75) is 26.4 Å². The minimum atomic E-state index is -0.102. The highest BCUT2D eigenvalue weighted by molar-refractivity contribution is 6.31. The normalized spacial score (nSPS) is 17.4. The van der Waals surface area contributed by atoms with Crippen LogP contribution in [0.25, 0.3) is 11.0 Å². The van der Waals surface area contributed by atoms with Gasteiger partial charge in [-0.3, -0.25) is 4.79 Å². The van der Waals surface area contributed by atoms with Gasteiger partial charge in [-0.05, 0) is 23.6 Å². The van der Waals surface area contributed by atoms with Gasteiger partial charge in [-0.25, -0.2) is 9.67 Å². The number of nitrogens with zero attached hydrogens (tertiary/aromatic N) is 4. The van der Waals surface area contributed by atoms with Crippen molar-refractivity contribution in [2.75, 3.05) is 19.6 Å². The van der Waals surface area contributed by atoms with Gasteiger partial charge in [-0.15, -0.1) is 0 Å². The molecule has 0 saturated carbocycles. The number of pyridine rings is 1. The summed E-state index contributed by atoms with van der Waals surface area (Å²) in [6.45, 7) is 7.15. The number of rotatable bonds is 4. The number of hydrogen-bond donors (Lipinski definition) is 1. The first-order chi connectivity index (χ1) is 13.5. The molecule has 0 bridgehead atoms. The molecule has 0 aliphatic carbocycles. The minimum absolute atomic E-state index is 0.0302. The van der Waals surface area contributed by atoms with Gasteiger partial charge in [-0.1, -0.05) is 43.6 Å². The van der Waals surface area contributed by atoms with Crippen molar-refractivity contribution in [1.29, 1.82) is 0 Å². The topological polar surface area (TPSA) is 63.1 Å². The zero-order valence-corrected chi connectivity index (χ0v) is 16.9. The first-order valence-corrected chi connectivity index (χ1v) is 10.00. The second kappa shape index (κ2) is 7.89. The number of carbonyl (C=O) groups excluding carboxylic acids is 1. The predicted molar refractivity (Wildman–Crippen MR) is 110 cm³/mol. The largest absolute Gasteiger partial charge is 0.329 e. The zero-order valence-electron chi connectivity index (χ0n) is 16.1. The number of halogens is 1. The van der Waals surface area contributed by atoms with E-state index in [9.17, 15) is 4.79 Å². The van der Waals surface area contributed by atoms with Gasteiger partial charge in [-0.2, -0.15) is 5.10 Å². The summed E-state index contributed by atoms with van der Waals surface area (Å²) in [5.74, 6) is 0.445. The maximum absolute atomic E-state index is 13.3. The number of aromatic nitrogens is 3. The molecule has 3 heterocycles. The molecule has 7 heteroatoms. The third-order valence-electron chi connectivity index (χ3n) is 5.03. The fourth-order valence-electron chi connectivity index (χ4n) is 3.70. The smallest absolute Gasteiger partial charge is 0.256 e. The van der Waals surface area contributed by atoms with Crippen LogP contribution in [0.1, 0.15) is 35.8 Å². The summed E-state index contributed by atoms with van der Waals surface area (Å²) in [6, 6.07) is 9.49. The van der Waals surface area contributed by atoms with E-state index in [1.165, 1.54) is 0 Å². The highest BCUT2D eigenvalue weighted by Crippen LogP contribution is 2.30. The van der Waals surface area contributed by atoms with Crippen molar-refractivity contribution in [3.05, 3.63) is 58.9 Å². The molecule has 1 N–H and O–H groups in total. The van der Waals surface area contributed by atoms with Crippen molar-refractivity contribution in [3.8, 4) is 0 Å². The molecule has 0 radical (unpaired) electrons. The van der Waals surface area contributed by atoms with Gasteiger partial charge >= 0.3 is 0 Å². The first-order valence-electron chi connectivity index (χ1n) is 9.62. The number of piperazine rings is 1. The SMILES string of the molecule is CC(C)Cn1ncc2cc(C(=O)N3CCNCC3c3ccccc3Cl)cnc21. The van der Waals surface area contributed by atoms with E-state index in [2.05, 4.69) is 29.2 Å². The molecule has 1 atom stereocenters. The van der Waals surface area contributed by atoms with E-state index in [1.54, 1.807) is 12.4 Å². The molecule has 0 spiro atoms. The van der Waals surface area contributed by atoms with Crippen LogP contribution >= 0.6 is 11.6 Å². The number of carbonyl (C=O) groups is 1. The predicted octanol–water partition coefficient (Wildman–Crippen LogP) is 3.53. The molecule has 1 aliphatic heterocycles. The van der Waals surface area contributed by atoms with Crippen LogP contribution in [-0.2, 0) is 6.54 Å². The molecule has 1 fully saturated rings. The Morgan fingerprint density at radius 2 is 2.14 bits per heavy atom. The Kier molecular flexibility index (Phi) is 5.33. The van der Waals surface area contributed by atoms with E-state index >= 15 is 0 Å². The van der Waals surface area contributed by atoms with Crippen LogP contribution in [0.5, 0.6) is 0 Å². The molecule has 1 saturated heterocycles. The van der Waals surface area contributed by atoms with Crippen LogP contribution in [0.15, 0.2) is 42.7 Å². The summed E-state index contributed by atoms with van der Waals surface area (Å²) in [5, 5.41) is 9.35. The van der Waals surface area contributed by atoms with Gasteiger partial charge in [0.2, 0.25) is 0 Å². The van der Waals surface area contributed by atoms with E-state index in [1.807, 2.05) is 39.9 Å². The van der Waals surface area contributed by atoms with Gasteiger partial charge in [0.15, 0.2) is 5.65 Å². The fourth-order valence-corrected chi connectivity index (χ4v) is 3.97. The van der Waals surface area contributed by atoms with Crippen LogP contribution < -0.4 is 5.32 Å². The van der Waals surface area contributed by atoms with Crippen LogP contribution in [0.2, 0.25) is 5.02 Å². The maximum atomic E-state index is 13.3. The third-order valence-corrected chi connectivity index (χ3v) is 5.37. The van der Waals surface area contributed by atoms with Gasteiger partial charge in [0, 0.05) is 42.8 Å². The van der Waals surface area contributed by atoms with E-state index < -0.39 is 0 Å². The quantitative estimate of drug-likeness (QED) is 0.731. The summed E-state index contributed by atoms with van der Waals surface area (Å²) >= 11 is 6.41. The standard InChI is InChI=1S/C21H24ClN5O/c1-14(2)13-27-20-15(11-25-27)9-16(10-24-20)21(28)26-8-7-23-12-19(26)17-5-3-4-6-18(17)22/h3-6,9-11,14,19,23H,7-8,12-13H2,1-2H3. The van der Waals surface area contributed by atoms with E-state index in [-0.39, 0.29) is 11.9 Å². The Morgan fingerprint density at radius 3 is 2.93 bits per heavy atom. The molecule has 3 aromatic rings. The summed E-state index contributed by atoms with van der Waals surface area (Å²) in [4.78, 5) is 19.7. The summed E-state index contributed by atoms with van der Waals surface area (Å²) in [7, 11) is 0. The molecule has 28 heavy (non-hydrogen) atoms. The average molecular weight is 398 g/mol. The Bertz CT molecular complexity index is 999. The second-order valence-electron chi connectivity index (χ2n) is 7.60. The highest BCUT2D eigenvalue weighted by Gasteiger charge is 2.30. The molecular weight excluding hydrogens is 374 g/mol. The van der Waals surface area contributed by atoms with Gasteiger partial charge in [0.1, 0.15) is 0 Å². The number of nitrogens with one attached hydrogen (secondary N) is 1. The lowest BCUT2D eigenvalue weighted by atomic mass is 10.0. The highest BCUT2D eigenvalue weighted by atomic mass is 35.5. The van der Waals surface area contributed by atoms with Gasteiger partial charge in [0.05, 0.1) is 17.8 Å². The summed E-state index contributed by atoms with van der Waals surface area (Å²) in [6.07, 6.45) is 3.44. The van der Waals surface area contributed by atoms with Gasteiger partial charge < -0.3 is 10.2 Å². The second-order valence-corrected chi connectivity index (χ2v) is 8.00. The number of fused-ring (bicyclic) bond motifs is 1. The van der Waals surface area contributed by atoms with Crippen LogP contribution in [0.4, 0.5) is 0 Å². The monoisotopic (exact) mass is 397 g/mol. The van der Waals surface area contributed by atoms with E-state index in [0.717, 1.165) is 29.7 Å². The van der Waals surface area contributed by atoms with Crippen molar-refractivity contribution >= 4 is 28.5 Å². The van der Waals surface area contributed by atoms with Crippen molar-refractivity contribution in [3.63, 3.8) is 0 Å². The summed E-state index contributed by atoms with van der Waals surface area (Å²) < 4.78 is 1.89. The molecule has 4 rings (SSSR count). The average Bonchev–Trinajstić information content (AvgIpc) is 3.09. The minimum Gasteiger partial charge on any atom is -0.329 e. The maximum Gasteiger partial charge on any atom is 0.256 e. The lowest BCUT2D eigenvalue weighted by molar-refractivity contribution is 0.0634. The van der Waals surface area contributed by atoms with Crippen LogP contribution in [0, 0.1) is 5.92 Å². The summed E-state index contributed by atoms with van der Waals surface area (Å²) in [5.41, 5.74) is 2.35. The Labute approximate surface area is 169 Å². The molecule has 1 aromatic carbocycles. The van der Waals surface area contributed by atoms with Crippen molar-refractivity contribution in [1.82, 2.24) is 25.0 Å². The molecule has 1 amide bonds. The van der Waals surface area contributed by atoms with Crippen molar-refractivity contribution < 1.29 is 4.79 Å². The molecule has 146 valence electrons. The fraction of sp³-hybridized carbons (Fsp3) is 0.381. The Morgan fingerprint density at radius 1 is 1.32 bits per heavy atom. The van der Waals surface area contributed by atoms with Crippen LogP contribution in [0.3, 0.4) is 0 Å². The third kappa shape index (κ3) is 3.62. The number of amides is 1. The van der Waals surface area contributed by atoms with Crippen molar-refractivity contribution in [2.24, 2.45) is 5.92 Å². The lowest BCUT2D eigenvalue weighted by Gasteiger charge is -2.37. The number of benzene rings is 1. The lowest BCUT2D eigenvalue weighted by Crippen LogP contribution is -2.48. The van der Waals surface area contributed by atoms with Gasteiger partial charge in [0.25, 0.3) is 5.91 Å². The first kappa shape index (κ1) is 18.9. The molecule has 6 nitrogen and oxygen atoms in total. The number of hydrogen-bond acceptors (Lipinski definition) is 4.